The molecule has 2 aromatic rings. The first-order valence-corrected chi connectivity index (χ1v) is 10.3. The van der Waals surface area contributed by atoms with Gasteiger partial charge >= 0.3 is 5.97 Å². The molecule has 8 heteroatoms. The van der Waals surface area contributed by atoms with Gasteiger partial charge in [-0.1, -0.05) is 23.2 Å². The molecule has 0 radical (unpaired) electrons. The van der Waals surface area contributed by atoms with E-state index in [-0.39, 0.29) is 11.6 Å². The number of hydrogen-bond acceptors (Lipinski definition) is 5. The van der Waals surface area contributed by atoms with E-state index >= 15 is 0 Å². The molecule has 2 aromatic carbocycles. The van der Waals surface area contributed by atoms with Crippen molar-refractivity contribution in [2.24, 2.45) is 4.99 Å². The van der Waals surface area contributed by atoms with Crippen molar-refractivity contribution in [2.75, 3.05) is 13.2 Å². The third-order valence-corrected chi connectivity index (χ3v) is 4.98. The van der Waals surface area contributed by atoms with Gasteiger partial charge in [0.05, 0.1) is 28.8 Å². The Morgan fingerprint density at radius 2 is 1.86 bits per heavy atom. The number of cyclic esters (lactones) is 1. The molecule has 5 nitrogen and oxygen atoms in total. The van der Waals surface area contributed by atoms with E-state index in [0.29, 0.717) is 45.9 Å². The highest BCUT2D eigenvalue weighted by molar-refractivity contribution is 14.1. The van der Waals surface area contributed by atoms with Crippen LogP contribution in [0.3, 0.4) is 0 Å². The van der Waals surface area contributed by atoms with E-state index in [1.165, 1.54) is 0 Å². The molecule has 0 fully saturated rings. The lowest BCUT2D eigenvalue weighted by atomic mass is 10.1. The molecule has 0 atom stereocenters. The average molecular weight is 532 g/mol. The zero-order chi connectivity index (χ0) is 20.3. The van der Waals surface area contributed by atoms with Crippen LogP contribution in [0.15, 0.2) is 41.0 Å². The van der Waals surface area contributed by atoms with Crippen molar-refractivity contribution in [3.63, 3.8) is 0 Å². The molecule has 0 spiro atoms. The van der Waals surface area contributed by atoms with Gasteiger partial charge in [-0.2, -0.15) is 0 Å². The molecule has 0 amide bonds. The summed E-state index contributed by atoms with van der Waals surface area (Å²) in [5.41, 5.74) is 1.35. The topological polar surface area (TPSA) is 57.1 Å². The first kappa shape index (κ1) is 21.0. The van der Waals surface area contributed by atoms with E-state index < -0.39 is 5.97 Å². The number of ether oxygens (including phenoxy) is 3. The minimum atomic E-state index is -0.562. The molecule has 0 unspecified atom stereocenters. The normalized spacial score (nSPS) is 14.8. The number of carbonyl (C=O) groups excluding carboxylic acids is 1. The highest BCUT2D eigenvalue weighted by Gasteiger charge is 2.26. The number of nitrogens with zero attached hydrogens (tertiary/aromatic N) is 1. The van der Waals surface area contributed by atoms with Crippen LogP contribution in [0.25, 0.3) is 6.08 Å². The highest BCUT2D eigenvalue weighted by Crippen LogP contribution is 2.37. The van der Waals surface area contributed by atoms with Gasteiger partial charge in [0.15, 0.2) is 17.2 Å². The molecule has 0 bridgehead atoms. The Morgan fingerprint density at radius 1 is 1.11 bits per heavy atom. The Balaban J connectivity index is 2.00. The molecule has 0 aliphatic carbocycles. The van der Waals surface area contributed by atoms with Crippen LogP contribution < -0.4 is 9.47 Å². The molecule has 1 aliphatic heterocycles. The molecular formula is C20H16Cl2INO4. The molecule has 28 heavy (non-hydrogen) atoms. The monoisotopic (exact) mass is 531 g/mol. The maximum Gasteiger partial charge on any atom is 0.363 e. The molecule has 1 aliphatic rings. The van der Waals surface area contributed by atoms with Crippen molar-refractivity contribution < 1.29 is 19.0 Å². The first-order chi connectivity index (χ1) is 13.4. The summed E-state index contributed by atoms with van der Waals surface area (Å²) in [6.07, 6.45) is 1.58. The Kier molecular flexibility index (Phi) is 6.85. The molecule has 0 N–H and O–H groups in total. The summed E-state index contributed by atoms with van der Waals surface area (Å²) in [6, 6.07) is 8.82. The molecule has 0 saturated heterocycles. The van der Waals surface area contributed by atoms with E-state index in [1.54, 1.807) is 30.3 Å². The van der Waals surface area contributed by atoms with E-state index in [2.05, 4.69) is 27.6 Å². The second-order valence-corrected chi connectivity index (χ2v) is 7.72. The van der Waals surface area contributed by atoms with Gasteiger partial charge in [0, 0.05) is 3.57 Å². The van der Waals surface area contributed by atoms with Gasteiger partial charge in [-0.3, -0.25) is 0 Å². The van der Waals surface area contributed by atoms with Crippen LogP contribution in [0, 0.1) is 3.57 Å². The number of rotatable bonds is 6. The SMILES string of the molecule is CCOc1cc(/C=C2/N=C(c3cc(I)ccc3Cl)OC2=O)cc(Cl)c1OCC. The largest absolute Gasteiger partial charge is 0.490 e. The first-order valence-electron chi connectivity index (χ1n) is 8.50. The molecule has 0 aromatic heterocycles. The number of esters is 1. The van der Waals surface area contributed by atoms with Crippen molar-refractivity contribution in [3.05, 3.63) is 60.8 Å². The maximum absolute atomic E-state index is 12.3. The summed E-state index contributed by atoms with van der Waals surface area (Å²) in [5.74, 6) is 0.576. The fraction of sp³-hybridized carbons (Fsp3) is 0.200. The number of benzene rings is 2. The predicted molar refractivity (Wildman–Crippen MR) is 119 cm³/mol. The Labute approximate surface area is 186 Å². The maximum atomic E-state index is 12.3. The van der Waals surface area contributed by atoms with Gasteiger partial charge in [0.1, 0.15) is 0 Å². The lowest BCUT2D eigenvalue weighted by Gasteiger charge is -2.13. The summed E-state index contributed by atoms with van der Waals surface area (Å²) in [7, 11) is 0. The minimum absolute atomic E-state index is 0.146. The zero-order valence-corrected chi connectivity index (χ0v) is 18.8. The van der Waals surface area contributed by atoms with E-state index in [9.17, 15) is 4.79 Å². The summed E-state index contributed by atoms with van der Waals surface area (Å²) in [4.78, 5) is 16.6. The lowest BCUT2D eigenvalue weighted by Crippen LogP contribution is -2.06. The van der Waals surface area contributed by atoms with Gasteiger partial charge in [-0.05, 0) is 78.4 Å². The number of halogens is 3. The third kappa shape index (κ3) is 4.61. The Morgan fingerprint density at radius 3 is 2.57 bits per heavy atom. The van der Waals surface area contributed by atoms with Crippen molar-refractivity contribution in [1.82, 2.24) is 0 Å². The van der Waals surface area contributed by atoms with Crippen LogP contribution in [0.4, 0.5) is 0 Å². The van der Waals surface area contributed by atoms with Gasteiger partial charge in [0.25, 0.3) is 0 Å². The van der Waals surface area contributed by atoms with Gasteiger partial charge in [-0.15, -0.1) is 0 Å². The summed E-state index contributed by atoms with van der Waals surface area (Å²) in [5, 5.41) is 0.840. The van der Waals surface area contributed by atoms with Crippen LogP contribution in [0.2, 0.25) is 10.0 Å². The smallest absolute Gasteiger partial charge is 0.363 e. The van der Waals surface area contributed by atoms with Crippen LogP contribution in [0.1, 0.15) is 25.0 Å². The van der Waals surface area contributed by atoms with Gasteiger partial charge in [0.2, 0.25) is 5.90 Å². The van der Waals surface area contributed by atoms with Crippen molar-refractivity contribution in [2.45, 2.75) is 13.8 Å². The van der Waals surface area contributed by atoms with Crippen molar-refractivity contribution in [3.8, 4) is 11.5 Å². The average Bonchev–Trinajstić information content (AvgIpc) is 3.00. The minimum Gasteiger partial charge on any atom is -0.490 e. The van der Waals surface area contributed by atoms with E-state index in [1.807, 2.05) is 19.9 Å². The summed E-state index contributed by atoms with van der Waals surface area (Å²) >= 11 is 14.7. The quantitative estimate of drug-likeness (QED) is 0.271. The van der Waals surface area contributed by atoms with Crippen molar-refractivity contribution >= 4 is 63.7 Å². The van der Waals surface area contributed by atoms with Crippen LogP contribution in [-0.2, 0) is 9.53 Å². The number of carbonyl (C=O) groups is 1. The summed E-state index contributed by atoms with van der Waals surface area (Å²) in [6.45, 7) is 4.63. The van der Waals surface area contributed by atoms with E-state index in [0.717, 1.165) is 3.57 Å². The molecule has 0 saturated carbocycles. The van der Waals surface area contributed by atoms with Crippen LogP contribution in [-0.4, -0.2) is 25.1 Å². The van der Waals surface area contributed by atoms with Gasteiger partial charge < -0.3 is 14.2 Å². The van der Waals surface area contributed by atoms with Crippen molar-refractivity contribution in [1.29, 1.82) is 0 Å². The lowest BCUT2D eigenvalue weighted by molar-refractivity contribution is -0.129. The summed E-state index contributed by atoms with van der Waals surface area (Å²) < 4.78 is 17.4. The fourth-order valence-electron chi connectivity index (χ4n) is 2.56. The van der Waals surface area contributed by atoms with E-state index in [4.69, 9.17) is 37.4 Å². The Hall–Kier alpha value is -1.77. The third-order valence-electron chi connectivity index (χ3n) is 3.70. The van der Waals surface area contributed by atoms with Crippen LogP contribution in [0.5, 0.6) is 11.5 Å². The highest BCUT2D eigenvalue weighted by atomic mass is 127. The molecule has 1 heterocycles. The van der Waals surface area contributed by atoms with Gasteiger partial charge in [-0.25, -0.2) is 9.79 Å². The fourth-order valence-corrected chi connectivity index (χ4v) is 3.53. The number of aliphatic imine (C=N–C) groups is 1. The molecule has 3 rings (SSSR count). The molecule has 146 valence electrons. The second kappa shape index (κ2) is 9.15. The zero-order valence-electron chi connectivity index (χ0n) is 15.1. The molecular weight excluding hydrogens is 516 g/mol. The predicted octanol–water partition coefficient (Wildman–Crippen LogP) is 5.74. The Bertz CT molecular complexity index is 988. The number of hydrogen-bond donors (Lipinski definition) is 0. The van der Waals surface area contributed by atoms with Crippen LogP contribution >= 0.6 is 45.8 Å². The second-order valence-electron chi connectivity index (χ2n) is 5.66. The standard InChI is InChI=1S/C20H16Cl2INO4/c1-3-26-17-9-11(7-15(22)18(17)27-4-2)8-16-20(25)28-19(24-16)13-10-12(23)5-6-14(13)21/h5-10H,3-4H2,1-2H3/b16-8+.